The summed E-state index contributed by atoms with van der Waals surface area (Å²) < 4.78 is 11.5. The lowest BCUT2D eigenvalue weighted by molar-refractivity contribution is -0.143. The van der Waals surface area contributed by atoms with E-state index in [4.69, 9.17) is 39.2 Å². The van der Waals surface area contributed by atoms with Crippen LogP contribution in [0.4, 0.5) is 0 Å². The monoisotopic (exact) mass is 400 g/mol. The average Bonchev–Trinajstić information content (AvgIpc) is 2.84. The summed E-state index contributed by atoms with van der Waals surface area (Å²) in [4.78, 5) is 20.9. The molecular weight excluding hydrogens is 383 g/mol. The van der Waals surface area contributed by atoms with Crippen molar-refractivity contribution < 1.29 is 14.3 Å². The second-order valence-electron chi connectivity index (χ2n) is 5.83. The predicted molar refractivity (Wildman–Crippen MR) is 101 cm³/mol. The van der Waals surface area contributed by atoms with Gasteiger partial charge in [0.2, 0.25) is 0 Å². The number of thiophene rings is 1. The standard InChI is InChI=1S/C17H18Cl2N2O3S/c1-8(2)24-17(22)14-11(7-23-5)21-9(3)15(20-4)13(14)10-6-12(18)25-16(10)19/h6,8,13,15H,7H2,1-3,5H3. The molecule has 8 heteroatoms. The van der Waals surface area contributed by atoms with E-state index in [2.05, 4.69) is 9.84 Å². The molecule has 0 spiro atoms. The lowest BCUT2D eigenvalue weighted by atomic mass is 9.81. The second-order valence-corrected chi connectivity index (χ2v) is 8.12. The molecule has 0 radical (unpaired) electrons. The first-order valence-electron chi connectivity index (χ1n) is 7.59. The van der Waals surface area contributed by atoms with E-state index in [0.29, 0.717) is 31.2 Å². The zero-order valence-corrected chi connectivity index (χ0v) is 16.6. The van der Waals surface area contributed by atoms with E-state index >= 15 is 0 Å². The number of carbonyl (C=O) groups excluding carboxylic acids is 1. The molecule has 0 aromatic carbocycles. The molecule has 1 aromatic heterocycles. The Morgan fingerprint density at radius 1 is 1.48 bits per heavy atom. The van der Waals surface area contributed by atoms with Crippen LogP contribution in [0.25, 0.3) is 4.85 Å². The van der Waals surface area contributed by atoms with Crippen molar-refractivity contribution in [2.24, 2.45) is 4.99 Å². The summed E-state index contributed by atoms with van der Waals surface area (Å²) in [7, 11) is 1.52. The SMILES string of the molecule is [C-]#[N+]C1C(C)=NC(COC)=C(C(=O)OC(C)C)C1c1cc(Cl)sc1Cl. The Labute approximate surface area is 161 Å². The number of hydrogen-bond acceptors (Lipinski definition) is 5. The van der Waals surface area contributed by atoms with E-state index in [1.54, 1.807) is 26.8 Å². The van der Waals surface area contributed by atoms with E-state index in [9.17, 15) is 4.79 Å². The van der Waals surface area contributed by atoms with Crippen molar-refractivity contribution >= 4 is 46.2 Å². The number of esters is 1. The van der Waals surface area contributed by atoms with Gasteiger partial charge in [-0.1, -0.05) is 23.2 Å². The highest BCUT2D eigenvalue weighted by molar-refractivity contribution is 7.20. The van der Waals surface area contributed by atoms with Crippen molar-refractivity contribution in [1.82, 2.24) is 0 Å². The predicted octanol–water partition coefficient (Wildman–Crippen LogP) is 4.75. The van der Waals surface area contributed by atoms with Crippen LogP contribution >= 0.6 is 34.5 Å². The number of methoxy groups -OCH3 is 1. The van der Waals surface area contributed by atoms with Gasteiger partial charge in [0.05, 0.1) is 38.4 Å². The Kier molecular flexibility index (Phi) is 6.64. The largest absolute Gasteiger partial charge is 0.460 e. The normalized spacial score (nSPS) is 20.5. The van der Waals surface area contributed by atoms with Crippen LogP contribution in [0, 0.1) is 6.57 Å². The molecule has 0 saturated heterocycles. The zero-order chi connectivity index (χ0) is 18.7. The lowest BCUT2D eigenvalue weighted by Gasteiger charge is -2.27. The van der Waals surface area contributed by atoms with Gasteiger partial charge in [0.1, 0.15) is 5.92 Å². The summed E-state index contributed by atoms with van der Waals surface area (Å²) >= 11 is 13.6. The van der Waals surface area contributed by atoms with Crippen LogP contribution in [0.5, 0.6) is 0 Å². The minimum Gasteiger partial charge on any atom is -0.460 e. The van der Waals surface area contributed by atoms with E-state index < -0.39 is 17.9 Å². The fraction of sp³-hybridized carbons (Fsp3) is 0.471. The van der Waals surface area contributed by atoms with Crippen molar-refractivity contribution in [3.63, 3.8) is 0 Å². The fourth-order valence-electron chi connectivity index (χ4n) is 2.75. The molecular formula is C17H18Cl2N2O3S. The van der Waals surface area contributed by atoms with Gasteiger partial charge in [-0.2, -0.15) is 0 Å². The average molecular weight is 401 g/mol. The molecule has 0 saturated carbocycles. The number of rotatable bonds is 5. The van der Waals surface area contributed by atoms with Crippen molar-refractivity contribution in [3.05, 3.63) is 43.0 Å². The molecule has 1 aromatic rings. The molecule has 0 N–H and O–H groups in total. The van der Waals surface area contributed by atoms with Crippen LogP contribution in [-0.2, 0) is 14.3 Å². The highest BCUT2D eigenvalue weighted by Gasteiger charge is 2.44. The molecule has 2 atom stereocenters. The van der Waals surface area contributed by atoms with Crippen LogP contribution in [0.3, 0.4) is 0 Å². The zero-order valence-electron chi connectivity index (χ0n) is 14.3. The van der Waals surface area contributed by atoms with Gasteiger partial charge in [-0.15, -0.1) is 11.3 Å². The van der Waals surface area contributed by atoms with Gasteiger partial charge in [-0.25, -0.2) is 11.4 Å². The maximum atomic E-state index is 12.8. The fourth-order valence-corrected chi connectivity index (χ4v) is 4.30. The third-order valence-corrected chi connectivity index (χ3v) is 5.20. The molecule has 1 aliphatic rings. The van der Waals surface area contributed by atoms with Crippen LogP contribution in [0.1, 0.15) is 32.3 Å². The lowest BCUT2D eigenvalue weighted by Crippen LogP contribution is -2.34. The second kappa shape index (κ2) is 8.33. The highest BCUT2D eigenvalue weighted by atomic mass is 35.5. The number of ether oxygens (including phenoxy) is 2. The molecule has 1 aliphatic heterocycles. The number of halogens is 2. The van der Waals surface area contributed by atoms with Gasteiger partial charge in [0.15, 0.2) is 0 Å². The first kappa shape index (κ1) is 19.9. The maximum Gasteiger partial charge on any atom is 0.337 e. The van der Waals surface area contributed by atoms with Crippen molar-refractivity contribution in [2.45, 2.75) is 38.8 Å². The molecule has 2 unspecified atom stereocenters. The Morgan fingerprint density at radius 2 is 2.16 bits per heavy atom. The van der Waals surface area contributed by atoms with Gasteiger partial charge in [0, 0.05) is 7.11 Å². The number of hydrogen-bond donors (Lipinski definition) is 0. The summed E-state index contributed by atoms with van der Waals surface area (Å²) in [5, 5.41) is 0. The highest BCUT2D eigenvalue weighted by Crippen LogP contribution is 2.44. The van der Waals surface area contributed by atoms with Gasteiger partial charge < -0.3 is 14.3 Å². The molecule has 0 aliphatic carbocycles. The molecule has 0 bridgehead atoms. The van der Waals surface area contributed by atoms with E-state index in [0.717, 1.165) is 0 Å². The Balaban J connectivity index is 2.68. The molecule has 2 rings (SSSR count). The third kappa shape index (κ3) is 4.24. The third-order valence-electron chi connectivity index (χ3n) is 3.68. The van der Waals surface area contributed by atoms with Gasteiger partial charge >= 0.3 is 5.97 Å². The summed E-state index contributed by atoms with van der Waals surface area (Å²) in [6, 6.07) is 1.04. The molecule has 0 fully saturated rings. The van der Waals surface area contributed by atoms with Crippen LogP contribution < -0.4 is 0 Å². The summed E-state index contributed by atoms with van der Waals surface area (Å²) in [5.41, 5.74) is 2.00. The van der Waals surface area contributed by atoms with Crippen LogP contribution in [0.2, 0.25) is 8.67 Å². The summed E-state index contributed by atoms with van der Waals surface area (Å²) in [6.07, 6.45) is -0.302. The number of aliphatic imine (C=N–C) groups is 1. The Bertz CT molecular complexity index is 777. The smallest absolute Gasteiger partial charge is 0.337 e. The van der Waals surface area contributed by atoms with Gasteiger partial charge in [-0.3, -0.25) is 4.99 Å². The van der Waals surface area contributed by atoms with Crippen molar-refractivity contribution in [1.29, 1.82) is 0 Å². The van der Waals surface area contributed by atoms with E-state index in [1.807, 2.05) is 0 Å². The Hall–Kier alpha value is -1.39. The maximum absolute atomic E-state index is 12.8. The first-order chi connectivity index (χ1) is 11.8. The topological polar surface area (TPSA) is 52.2 Å². The first-order valence-corrected chi connectivity index (χ1v) is 9.16. The number of nitrogens with zero attached hydrogens (tertiary/aromatic N) is 2. The molecule has 2 heterocycles. The van der Waals surface area contributed by atoms with E-state index in [1.165, 1.54) is 18.4 Å². The quantitative estimate of drug-likeness (QED) is 0.528. The van der Waals surface area contributed by atoms with Crippen molar-refractivity contribution in [2.75, 3.05) is 13.7 Å². The Morgan fingerprint density at radius 3 is 2.64 bits per heavy atom. The molecule has 134 valence electrons. The molecule has 5 nitrogen and oxygen atoms in total. The summed E-state index contributed by atoms with van der Waals surface area (Å²) in [5.74, 6) is -1.11. The number of carbonyl (C=O) groups is 1. The molecule has 0 amide bonds. The summed E-state index contributed by atoms with van der Waals surface area (Å²) in [6.45, 7) is 13.0. The van der Waals surface area contributed by atoms with Gasteiger partial charge in [-0.05, 0) is 32.4 Å². The van der Waals surface area contributed by atoms with Gasteiger partial charge in [0.25, 0.3) is 6.04 Å². The van der Waals surface area contributed by atoms with Crippen LogP contribution in [-0.4, -0.2) is 37.5 Å². The minimum atomic E-state index is -0.654. The molecule has 25 heavy (non-hydrogen) atoms. The minimum absolute atomic E-state index is 0.135. The van der Waals surface area contributed by atoms with Crippen LogP contribution in [0.15, 0.2) is 22.3 Å². The van der Waals surface area contributed by atoms with E-state index in [-0.39, 0.29) is 12.7 Å². The van der Waals surface area contributed by atoms with Crippen molar-refractivity contribution in [3.8, 4) is 0 Å².